The molecule has 3 N–H and O–H groups in total. The van der Waals surface area contributed by atoms with Crippen molar-refractivity contribution in [2.45, 2.75) is 37.6 Å². The molecule has 2 heterocycles. The normalized spacial score (nSPS) is 29.6. The predicted octanol–water partition coefficient (Wildman–Crippen LogP) is 1.92. The highest BCUT2D eigenvalue weighted by atomic mass is 35.5. The Morgan fingerprint density at radius 1 is 1.27 bits per heavy atom. The van der Waals surface area contributed by atoms with Crippen LogP contribution in [-0.2, 0) is 9.59 Å². The average molecular weight is 378 g/mol. The first-order valence-corrected chi connectivity index (χ1v) is 9.61. The summed E-state index contributed by atoms with van der Waals surface area (Å²) in [6.45, 7) is 2.10. The molecule has 1 aliphatic carbocycles. The van der Waals surface area contributed by atoms with Crippen LogP contribution in [0.2, 0.25) is 5.02 Å². The molecule has 6 nitrogen and oxygen atoms in total. The molecular formula is C19H24ClN3O3. The Hall–Kier alpha value is -1.63. The number of hydroxylamine groups is 1. The lowest BCUT2D eigenvalue weighted by atomic mass is 9.81. The van der Waals surface area contributed by atoms with Crippen LogP contribution in [0.4, 0.5) is 0 Å². The van der Waals surface area contributed by atoms with Crippen LogP contribution in [0.1, 0.15) is 37.2 Å². The van der Waals surface area contributed by atoms with Crippen molar-refractivity contribution >= 4 is 23.4 Å². The fourth-order valence-corrected chi connectivity index (χ4v) is 4.56. The first-order valence-electron chi connectivity index (χ1n) is 9.23. The van der Waals surface area contributed by atoms with Gasteiger partial charge in [-0.1, -0.05) is 23.7 Å². The summed E-state index contributed by atoms with van der Waals surface area (Å²) in [5.74, 6) is -0.723. The highest BCUT2D eigenvalue weighted by molar-refractivity contribution is 6.30. The van der Waals surface area contributed by atoms with Crippen molar-refractivity contribution in [1.82, 2.24) is 15.7 Å². The summed E-state index contributed by atoms with van der Waals surface area (Å²) in [4.78, 5) is 27.1. The van der Waals surface area contributed by atoms with Crippen molar-refractivity contribution in [3.8, 4) is 0 Å². The van der Waals surface area contributed by atoms with Crippen LogP contribution in [0.15, 0.2) is 24.3 Å². The number of rotatable bonds is 3. The number of nitrogens with one attached hydrogen (secondary N) is 2. The van der Waals surface area contributed by atoms with Crippen molar-refractivity contribution < 1.29 is 14.8 Å². The van der Waals surface area contributed by atoms with E-state index in [1.165, 1.54) is 5.56 Å². The molecule has 3 unspecified atom stereocenters. The summed E-state index contributed by atoms with van der Waals surface area (Å²) in [7, 11) is 0. The molecular weight excluding hydrogens is 354 g/mol. The van der Waals surface area contributed by atoms with Crippen LogP contribution in [0, 0.1) is 11.3 Å². The number of benzene rings is 1. The number of hydrogen-bond donors (Lipinski definition) is 3. The highest BCUT2D eigenvalue weighted by Crippen LogP contribution is 2.52. The molecule has 3 fully saturated rings. The molecule has 3 atom stereocenters. The van der Waals surface area contributed by atoms with Gasteiger partial charge < -0.3 is 10.2 Å². The number of likely N-dealkylation sites (tertiary alicyclic amines) is 1. The van der Waals surface area contributed by atoms with Crippen LogP contribution in [0.5, 0.6) is 0 Å². The molecule has 1 saturated carbocycles. The van der Waals surface area contributed by atoms with Crippen molar-refractivity contribution in [1.29, 1.82) is 0 Å². The Balaban J connectivity index is 1.44. The second-order valence-corrected chi connectivity index (χ2v) is 8.40. The zero-order valence-electron chi connectivity index (χ0n) is 14.6. The largest absolute Gasteiger partial charge is 0.341 e. The number of hydrogen-bond acceptors (Lipinski definition) is 4. The Morgan fingerprint density at radius 2 is 2.00 bits per heavy atom. The Bertz CT molecular complexity index is 704. The van der Waals surface area contributed by atoms with E-state index in [0.717, 1.165) is 25.8 Å². The number of nitrogens with zero attached hydrogens (tertiary/aromatic N) is 1. The van der Waals surface area contributed by atoms with Crippen molar-refractivity contribution in [2.24, 2.45) is 11.3 Å². The van der Waals surface area contributed by atoms with E-state index < -0.39 is 17.9 Å². The van der Waals surface area contributed by atoms with Crippen LogP contribution in [0.25, 0.3) is 0 Å². The Kier molecular flexibility index (Phi) is 4.67. The Morgan fingerprint density at radius 3 is 2.65 bits per heavy atom. The van der Waals surface area contributed by atoms with Gasteiger partial charge >= 0.3 is 0 Å². The fraction of sp³-hybridized carbons (Fsp3) is 0.579. The van der Waals surface area contributed by atoms with Crippen molar-refractivity contribution in [3.63, 3.8) is 0 Å². The maximum absolute atomic E-state index is 13.1. The molecule has 2 saturated heterocycles. The van der Waals surface area contributed by atoms with Gasteiger partial charge in [-0.2, -0.15) is 0 Å². The smallest absolute Gasteiger partial charge is 0.248 e. The maximum atomic E-state index is 13.1. The lowest BCUT2D eigenvalue weighted by Gasteiger charge is -2.37. The number of piperidine rings is 1. The second kappa shape index (κ2) is 6.83. The van der Waals surface area contributed by atoms with E-state index in [1.807, 2.05) is 29.2 Å². The van der Waals surface area contributed by atoms with E-state index >= 15 is 0 Å². The van der Waals surface area contributed by atoms with Gasteiger partial charge in [0, 0.05) is 30.6 Å². The molecule has 0 radical (unpaired) electrons. The summed E-state index contributed by atoms with van der Waals surface area (Å²) < 4.78 is 0. The van der Waals surface area contributed by atoms with Gasteiger partial charge in [-0.25, -0.2) is 5.48 Å². The van der Waals surface area contributed by atoms with Crippen LogP contribution in [0.3, 0.4) is 0 Å². The Labute approximate surface area is 157 Å². The molecule has 1 aromatic rings. The van der Waals surface area contributed by atoms with Crippen molar-refractivity contribution in [3.05, 3.63) is 34.9 Å². The SMILES string of the molecule is O=C(NO)C1CC2(CC2)CNC1C(=O)N1CCC(c2ccc(Cl)cc2)C1. The lowest BCUT2D eigenvalue weighted by molar-refractivity contribution is -0.144. The molecule has 26 heavy (non-hydrogen) atoms. The number of carbonyl (C=O) groups is 2. The van der Waals surface area contributed by atoms with Gasteiger partial charge in [0.15, 0.2) is 0 Å². The van der Waals surface area contributed by atoms with Gasteiger partial charge in [-0.15, -0.1) is 0 Å². The van der Waals surface area contributed by atoms with E-state index in [0.29, 0.717) is 30.5 Å². The average Bonchev–Trinajstić information content (AvgIpc) is 3.22. The van der Waals surface area contributed by atoms with Gasteiger partial charge in [0.05, 0.1) is 12.0 Å². The lowest BCUT2D eigenvalue weighted by Crippen LogP contribution is -2.58. The van der Waals surface area contributed by atoms with Crippen LogP contribution < -0.4 is 10.8 Å². The van der Waals surface area contributed by atoms with E-state index in [2.05, 4.69) is 5.32 Å². The number of carbonyl (C=O) groups excluding carboxylic acids is 2. The summed E-state index contributed by atoms with van der Waals surface area (Å²) in [5.41, 5.74) is 3.08. The quantitative estimate of drug-likeness (QED) is 0.555. The minimum atomic E-state index is -0.558. The summed E-state index contributed by atoms with van der Waals surface area (Å²) in [6, 6.07) is 7.22. The summed E-state index contributed by atoms with van der Waals surface area (Å²) >= 11 is 5.96. The minimum absolute atomic E-state index is 0.0365. The first kappa shape index (κ1) is 17.8. The van der Waals surface area contributed by atoms with E-state index in [-0.39, 0.29) is 11.3 Å². The third-order valence-corrected chi connectivity index (χ3v) is 6.52. The summed E-state index contributed by atoms with van der Waals surface area (Å²) in [5, 5.41) is 13.1. The van der Waals surface area contributed by atoms with Gasteiger partial charge in [-0.05, 0) is 48.8 Å². The maximum Gasteiger partial charge on any atom is 0.248 e. The molecule has 0 bridgehead atoms. The minimum Gasteiger partial charge on any atom is -0.341 e. The van der Waals surface area contributed by atoms with Crippen molar-refractivity contribution in [2.75, 3.05) is 19.6 Å². The second-order valence-electron chi connectivity index (χ2n) is 7.97. The molecule has 140 valence electrons. The number of halogens is 1. The molecule has 2 amide bonds. The highest BCUT2D eigenvalue weighted by Gasteiger charge is 2.53. The molecule has 0 aromatic heterocycles. The fourth-order valence-electron chi connectivity index (χ4n) is 4.43. The monoisotopic (exact) mass is 377 g/mol. The molecule has 1 aromatic carbocycles. The van der Waals surface area contributed by atoms with Gasteiger partial charge in [0.1, 0.15) is 0 Å². The molecule has 3 aliphatic rings. The zero-order valence-corrected chi connectivity index (χ0v) is 15.3. The topological polar surface area (TPSA) is 81.7 Å². The van der Waals surface area contributed by atoms with E-state index in [9.17, 15) is 9.59 Å². The summed E-state index contributed by atoms with van der Waals surface area (Å²) in [6.07, 6.45) is 3.73. The molecule has 4 rings (SSSR count). The third-order valence-electron chi connectivity index (χ3n) is 6.26. The van der Waals surface area contributed by atoms with Gasteiger partial charge in [0.25, 0.3) is 0 Å². The third kappa shape index (κ3) is 3.33. The van der Waals surface area contributed by atoms with Gasteiger partial charge in [0.2, 0.25) is 11.8 Å². The van der Waals surface area contributed by atoms with E-state index in [4.69, 9.17) is 16.8 Å². The predicted molar refractivity (Wildman–Crippen MR) is 96.9 cm³/mol. The molecule has 2 aliphatic heterocycles. The zero-order chi connectivity index (χ0) is 18.3. The molecule has 7 heteroatoms. The first-order chi connectivity index (χ1) is 12.5. The molecule has 1 spiro atoms. The van der Waals surface area contributed by atoms with E-state index in [1.54, 1.807) is 5.48 Å². The van der Waals surface area contributed by atoms with Gasteiger partial charge in [-0.3, -0.25) is 14.8 Å². The standard InChI is InChI=1S/C19H24ClN3O3/c20-14-3-1-12(2-4-14)13-5-8-23(10-13)18(25)16-15(17(24)22-26)9-19(6-7-19)11-21-16/h1-4,13,15-16,21,26H,5-11H2,(H,22,24). The number of amides is 2. The van der Waals surface area contributed by atoms with Crippen LogP contribution in [-0.4, -0.2) is 47.6 Å². The van der Waals surface area contributed by atoms with Crippen LogP contribution >= 0.6 is 11.6 Å².